The van der Waals surface area contributed by atoms with Crippen molar-refractivity contribution in [1.82, 2.24) is 10.1 Å². The van der Waals surface area contributed by atoms with E-state index in [0.29, 0.717) is 12.5 Å². The third-order valence-electron chi connectivity index (χ3n) is 3.72. The molecule has 2 rings (SSSR count). The molecule has 0 unspecified atom stereocenters. The van der Waals surface area contributed by atoms with Crippen LogP contribution in [-0.4, -0.2) is 34.9 Å². The maximum Gasteiger partial charge on any atom is 0.266 e. The zero-order valence-electron chi connectivity index (χ0n) is 12.2. The molecule has 2 heterocycles. The zero-order valence-corrected chi connectivity index (χ0v) is 12.2. The Balaban J connectivity index is 1.89. The average molecular weight is 267 g/mol. The van der Waals surface area contributed by atoms with E-state index in [4.69, 9.17) is 9.63 Å². The molecule has 1 fully saturated rings. The summed E-state index contributed by atoms with van der Waals surface area (Å²) in [6.07, 6.45) is 4.35. The van der Waals surface area contributed by atoms with Crippen molar-refractivity contribution >= 4 is 5.95 Å². The number of hydrogen-bond acceptors (Lipinski definition) is 5. The number of aliphatic hydroxyl groups is 1. The van der Waals surface area contributed by atoms with Crippen LogP contribution in [0.5, 0.6) is 0 Å². The van der Waals surface area contributed by atoms with Gasteiger partial charge < -0.3 is 14.5 Å². The largest absolute Gasteiger partial charge is 0.396 e. The van der Waals surface area contributed by atoms with Crippen LogP contribution in [0, 0.1) is 5.92 Å². The fraction of sp³-hybridized carbons (Fsp3) is 0.857. The molecule has 0 atom stereocenters. The maximum atomic E-state index is 8.86. The van der Waals surface area contributed by atoms with Gasteiger partial charge in [0.2, 0.25) is 5.89 Å². The zero-order chi connectivity index (χ0) is 13.9. The summed E-state index contributed by atoms with van der Waals surface area (Å²) >= 11 is 0. The Bertz CT molecular complexity index is 390. The van der Waals surface area contributed by atoms with Gasteiger partial charge in [-0.15, -0.1) is 0 Å². The molecule has 1 aliphatic rings. The minimum absolute atomic E-state index is 0.0926. The summed E-state index contributed by atoms with van der Waals surface area (Å²) in [7, 11) is 0. The second kappa shape index (κ2) is 5.90. The summed E-state index contributed by atoms with van der Waals surface area (Å²) in [5.41, 5.74) is -0.0926. The lowest BCUT2D eigenvalue weighted by atomic mass is 9.92. The number of aromatic nitrogens is 2. The van der Waals surface area contributed by atoms with Gasteiger partial charge in [0.15, 0.2) is 0 Å². The molecule has 0 aromatic carbocycles. The fourth-order valence-corrected chi connectivity index (χ4v) is 2.45. The van der Waals surface area contributed by atoms with Crippen molar-refractivity contribution in [1.29, 1.82) is 0 Å². The highest BCUT2D eigenvalue weighted by Gasteiger charge is 2.26. The van der Waals surface area contributed by atoms with E-state index in [-0.39, 0.29) is 5.41 Å². The molecule has 1 aliphatic heterocycles. The molecule has 0 saturated carbocycles. The van der Waals surface area contributed by atoms with Crippen LogP contribution in [0.2, 0.25) is 0 Å². The smallest absolute Gasteiger partial charge is 0.266 e. The minimum atomic E-state index is -0.0926. The second-order valence-corrected chi connectivity index (χ2v) is 6.45. The van der Waals surface area contributed by atoms with Gasteiger partial charge in [0.1, 0.15) is 0 Å². The molecule has 1 saturated heterocycles. The van der Waals surface area contributed by atoms with Crippen LogP contribution < -0.4 is 4.90 Å². The predicted octanol–water partition coefficient (Wildman–Crippen LogP) is 2.36. The van der Waals surface area contributed by atoms with Crippen molar-refractivity contribution in [3.8, 4) is 0 Å². The van der Waals surface area contributed by atoms with Crippen molar-refractivity contribution in [3.63, 3.8) is 0 Å². The van der Waals surface area contributed by atoms with E-state index >= 15 is 0 Å². The lowest BCUT2D eigenvalue weighted by Crippen LogP contribution is -2.34. The highest BCUT2D eigenvalue weighted by Crippen LogP contribution is 2.26. The number of nitrogens with zero attached hydrogens (tertiary/aromatic N) is 3. The molecule has 0 aliphatic carbocycles. The Hall–Kier alpha value is -1.10. The van der Waals surface area contributed by atoms with E-state index in [2.05, 4.69) is 35.8 Å². The van der Waals surface area contributed by atoms with Crippen molar-refractivity contribution in [2.75, 3.05) is 24.6 Å². The predicted molar refractivity (Wildman–Crippen MR) is 74.3 cm³/mol. The van der Waals surface area contributed by atoms with E-state index in [1.807, 2.05) is 0 Å². The summed E-state index contributed by atoms with van der Waals surface area (Å²) in [4.78, 5) is 6.70. The van der Waals surface area contributed by atoms with Crippen LogP contribution in [0.15, 0.2) is 4.52 Å². The number of anilines is 1. The summed E-state index contributed by atoms with van der Waals surface area (Å²) in [6, 6.07) is 0. The topological polar surface area (TPSA) is 62.4 Å². The first-order valence-electron chi connectivity index (χ1n) is 7.20. The van der Waals surface area contributed by atoms with Gasteiger partial charge in [0.25, 0.3) is 5.95 Å². The molecule has 0 radical (unpaired) electrons. The van der Waals surface area contributed by atoms with E-state index in [0.717, 1.165) is 50.6 Å². The van der Waals surface area contributed by atoms with Gasteiger partial charge >= 0.3 is 0 Å². The van der Waals surface area contributed by atoms with E-state index in [1.54, 1.807) is 0 Å². The standard InChI is InChI=1S/C14H25N3O2/c1-14(2,3)12-15-13(16-19-12)17-8-6-11(7-9-17)5-4-10-18/h11,18H,4-10H2,1-3H3. The Morgan fingerprint density at radius 1 is 1.32 bits per heavy atom. The number of aliphatic hydroxyl groups excluding tert-OH is 1. The van der Waals surface area contributed by atoms with E-state index in [1.165, 1.54) is 0 Å². The molecule has 0 spiro atoms. The molecular formula is C14H25N3O2. The minimum Gasteiger partial charge on any atom is -0.396 e. The van der Waals surface area contributed by atoms with Gasteiger partial charge in [-0.2, -0.15) is 4.98 Å². The molecule has 5 nitrogen and oxygen atoms in total. The second-order valence-electron chi connectivity index (χ2n) is 6.45. The first-order chi connectivity index (χ1) is 9.00. The molecule has 1 aromatic heterocycles. The monoisotopic (exact) mass is 267 g/mol. The van der Waals surface area contributed by atoms with Crippen LogP contribution in [-0.2, 0) is 5.41 Å². The number of hydrogen-bond donors (Lipinski definition) is 1. The van der Waals surface area contributed by atoms with E-state index < -0.39 is 0 Å². The van der Waals surface area contributed by atoms with E-state index in [9.17, 15) is 0 Å². The summed E-state index contributed by atoms with van der Waals surface area (Å²) in [5, 5.41) is 13.0. The number of piperidine rings is 1. The Labute approximate surface area is 115 Å². The molecular weight excluding hydrogens is 242 g/mol. The summed E-state index contributed by atoms with van der Waals surface area (Å²) in [5.74, 6) is 2.16. The highest BCUT2D eigenvalue weighted by atomic mass is 16.5. The molecule has 0 bridgehead atoms. The third-order valence-corrected chi connectivity index (χ3v) is 3.72. The van der Waals surface area contributed by atoms with Gasteiger partial charge in [-0.05, 0) is 36.8 Å². The normalized spacial score (nSPS) is 18.0. The van der Waals surface area contributed by atoms with Crippen molar-refractivity contribution in [2.24, 2.45) is 5.92 Å². The van der Waals surface area contributed by atoms with Crippen LogP contribution in [0.4, 0.5) is 5.95 Å². The van der Waals surface area contributed by atoms with Crippen LogP contribution >= 0.6 is 0 Å². The van der Waals surface area contributed by atoms with Crippen LogP contribution in [0.25, 0.3) is 0 Å². The van der Waals surface area contributed by atoms with Crippen molar-refractivity contribution < 1.29 is 9.63 Å². The molecule has 0 amide bonds. The highest BCUT2D eigenvalue weighted by molar-refractivity contribution is 5.29. The molecule has 1 N–H and O–H groups in total. The fourth-order valence-electron chi connectivity index (χ4n) is 2.45. The molecule has 108 valence electrons. The summed E-state index contributed by atoms with van der Waals surface area (Å²) in [6.45, 7) is 8.50. The first kappa shape index (κ1) is 14.3. The number of rotatable bonds is 4. The molecule has 5 heteroatoms. The van der Waals surface area contributed by atoms with Gasteiger partial charge in [-0.3, -0.25) is 0 Å². The van der Waals surface area contributed by atoms with Crippen molar-refractivity contribution in [2.45, 2.75) is 51.9 Å². The van der Waals surface area contributed by atoms with Gasteiger partial charge in [0, 0.05) is 25.1 Å². The quantitative estimate of drug-likeness (QED) is 0.907. The van der Waals surface area contributed by atoms with Gasteiger partial charge in [0.05, 0.1) is 0 Å². The summed E-state index contributed by atoms with van der Waals surface area (Å²) < 4.78 is 5.34. The Morgan fingerprint density at radius 3 is 2.53 bits per heavy atom. The third kappa shape index (κ3) is 3.69. The molecule has 1 aromatic rings. The average Bonchev–Trinajstić information content (AvgIpc) is 2.86. The first-order valence-corrected chi connectivity index (χ1v) is 7.20. The molecule has 19 heavy (non-hydrogen) atoms. The Kier molecular flexibility index (Phi) is 4.45. The van der Waals surface area contributed by atoms with Gasteiger partial charge in [-0.25, -0.2) is 0 Å². The Morgan fingerprint density at radius 2 is 2.00 bits per heavy atom. The lowest BCUT2D eigenvalue weighted by molar-refractivity contribution is 0.260. The maximum absolute atomic E-state index is 8.86. The van der Waals surface area contributed by atoms with Crippen molar-refractivity contribution in [3.05, 3.63) is 5.89 Å². The van der Waals surface area contributed by atoms with Gasteiger partial charge in [-0.1, -0.05) is 20.8 Å². The van der Waals surface area contributed by atoms with Crippen LogP contribution in [0.3, 0.4) is 0 Å². The SMILES string of the molecule is CC(C)(C)c1nc(N2CCC(CCCO)CC2)no1. The van der Waals surface area contributed by atoms with Crippen LogP contribution in [0.1, 0.15) is 52.3 Å². The lowest BCUT2D eigenvalue weighted by Gasteiger charge is -2.30.